The molecule has 0 saturated carbocycles. The van der Waals surface area contributed by atoms with Gasteiger partial charge < -0.3 is 21.1 Å². The second-order valence-electron chi connectivity index (χ2n) is 5.83. The molecule has 0 aliphatic rings. The van der Waals surface area contributed by atoms with Gasteiger partial charge in [-0.2, -0.15) is 0 Å². The van der Waals surface area contributed by atoms with Crippen molar-refractivity contribution in [3.63, 3.8) is 0 Å². The summed E-state index contributed by atoms with van der Waals surface area (Å²) >= 11 is 0. The van der Waals surface area contributed by atoms with E-state index < -0.39 is 0 Å². The molecule has 0 radical (unpaired) electrons. The zero-order valence-electron chi connectivity index (χ0n) is 14.3. The third kappa shape index (κ3) is 3.95. The summed E-state index contributed by atoms with van der Waals surface area (Å²) in [7, 11) is 0. The summed E-state index contributed by atoms with van der Waals surface area (Å²) in [6.45, 7) is 3.87. The van der Waals surface area contributed by atoms with Gasteiger partial charge in [-0.05, 0) is 78.7 Å². The SMILES string of the molecule is Cc1cc(N)ccc1ON(Oc1ccc(N)cc1C)c1ccccc1. The summed E-state index contributed by atoms with van der Waals surface area (Å²) in [5, 5.41) is 1.39. The molecule has 0 unspecified atom stereocenters. The standard InChI is InChI=1S/C20H21N3O2/c1-14-12-16(21)8-10-19(14)24-23(18-6-4-3-5-7-18)25-20-11-9-17(22)13-15(20)2/h3-13H,21-22H2,1-2H3. The second-order valence-corrected chi connectivity index (χ2v) is 5.83. The van der Waals surface area contributed by atoms with E-state index in [-0.39, 0.29) is 0 Å². The van der Waals surface area contributed by atoms with Crippen molar-refractivity contribution in [3.8, 4) is 11.5 Å². The summed E-state index contributed by atoms with van der Waals surface area (Å²) in [5.41, 5.74) is 15.6. The number of nitrogens with zero attached hydrogens (tertiary/aromatic N) is 1. The zero-order chi connectivity index (χ0) is 17.8. The van der Waals surface area contributed by atoms with Crippen LogP contribution in [-0.2, 0) is 0 Å². The highest BCUT2D eigenvalue weighted by atomic mass is 16.9. The first-order chi connectivity index (χ1) is 12.0. The monoisotopic (exact) mass is 335 g/mol. The highest BCUT2D eigenvalue weighted by Gasteiger charge is 2.14. The number of nitrogens with two attached hydrogens (primary N) is 2. The minimum Gasteiger partial charge on any atom is -0.399 e. The fourth-order valence-electron chi connectivity index (χ4n) is 2.40. The molecule has 0 aliphatic carbocycles. The minimum absolute atomic E-state index is 0.658. The highest BCUT2D eigenvalue weighted by molar-refractivity contribution is 5.51. The lowest BCUT2D eigenvalue weighted by molar-refractivity contribution is 0.0717. The second kappa shape index (κ2) is 7.05. The van der Waals surface area contributed by atoms with Gasteiger partial charge in [-0.15, -0.1) is 0 Å². The van der Waals surface area contributed by atoms with E-state index in [0.29, 0.717) is 22.9 Å². The van der Waals surface area contributed by atoms with Crippen LogP contribution < -0.4 is 26.4 Å². The molecule has 5 heteroatoms. The van der Waals surface area contributed by atoms with E-state index in [1.807, 2.05) is 68.4 Å². The lowest BCUT2D eigenvalue weighted by Crippen LogP contribution is -2.31. The van der Waals surface area contributed by atoms with Gasteiger partial charge in [0.1, 0.15) is 5.69 Å². The normalized spacial score (nSPS) is 10.3. The molecule has 0 bridgehead atoms. The largest absolute Gasteiger partial charge is 0.399 e. The fraction of sp³-hybridized carbons (Fsp3) is 0.100. The molecule has 3 aromatic carbocycles. The van der Waals surface area contributed by atoms with E-state index in [1.165, 1.54) is 5.23 Å². The van der Waals surface area contributed by atoms with Crippen molar-refractivity contribution in [1.82, 2.24) is 0 Å². The van der Waals surface area contributed by atoms with Gasteiger partial charge in [0.05, 0.1) is 0 Å². The van der Waals surface area contributed by atoms with Crippen molar-refractivity contribution in [2.75, 3.05) is 16.7 Å². The van der Waals surface area contributed by atoms with Crippen LogP contribution in [0.1, 0.15) is 11.1 Å². The summed E-state index contributed by atoms with van der Waals surface area (Å²) in [5.74, 6) is 1.32. The Morgan fingerprint density at radius 2 is 1.16 bits per heavy atom. The van der Waals surface area contributed by atoms with Crippen LogP contribution >= 0.6 is 0 Å². The number of anilines is 3. The first kappa shape index (κ1) is 16.5. The van der Waals surface area contributed by atoms with Gasteiger partial charge in [0.25, 0.3) is 0 Å². The summed E-state index contributed by atoms with van der Waals surface area (Å²) in [4.78, 5) is 12.0. The van der Waals surface area contributed by atoms with Gasteiger partial charge in [0.15, 0.2) is 11.5 Å². The first-order valence-corrected chi connectivity index (χ1v) is 7.96. The molecular formula is C20H21N3O2. The zero-order valence-corrected chi connectivity index (χ0v) is 14.3. The third-order valence-corrected chi connectivity index (χ3v) is 3.73. The van der Waals surface area contributed by atoms with E-state index in [2.05, 4.69) is 0 Å². The molecule has 0 amide bonds. The molecule has 0 aromatic heterocycles. The van der Waals surface area contributed by atoms with Crippen LogP contribution in [0.25, 0.3) is 0 Å². The van der Waals surface area contributed by atoms with E-state index >= 15 is 0 Å². The molecule has 0 heterocycles. The van der Waals surface area contributed by atoms with E-state index in [0.717, 1.165) is 16.8 Å². The Labute approximate surface area is 147 Å². The van der Waals surface area contributed by atoms with E-state index in [1.54, 1.807) is 12.1 Å². The predicted molar refractivity (Wildman–Crippen MR) is 101 cm³/mol. The molecule has 3 aromatic rings. The van der Waals surface area contributed by atoms with Crippen molar-refractivity contribution in [1.29, 1.82) is 0 Å². The number of aryl methyl sites for hydroxylation is 2. The lowest BCUT2D eigenvalue weighted by Gasteiger charge is -2.25. The van der Waals surface area contributed by atoms with Crippen LogP contribution in [0.2, 0.25) is 0 Å². The van der Waals surface area contributed by atoms with Crippen LogP contribution in [0.15, 0.2) is 66.7 Å². The maximum atomic E-state index is 6.00. The van der Waals surface area contributed by atoms with Gasteiger partial charge in [0.2, 0.25) is 0 Å². The molecule has 4 N–H and O–H groups in total. The highest BCUT2D eigenvalue weighted by Crippen LogP contribution is 2.27. The summed E-state index contributed by atoms with van der Waals surface area (Å²) in [6.07, 6.45) is 0. The van der Waals surface area contributed by atoms with E-state index in [4.69, 9.17) is 21.1 Å². The summed E-state index contributed by atoms with van der Waals surface area (Å²) in [6, 6.07) is 20.5. The quantitative estimate of drug-likeness (QED) is 0.538. The van der Waals surface area contributed by atoms with Gasteiger partial charge in [-0.1, -0.05) is 18.2 Å². The number of hydrogen-bond acceptors (Lipinski definition) is 5. The molecule has 0 saturated heterocycles. The Balaban J connectivity index is 1.92. The molecular weight excluding hydrogens is 314 g/mol. The third-order valence-electron chi connectivity index (χ3n) is 3.73. The van der Waals surface area contributed by atoms with Crippen LogP contribution in [0.5, 0.6) is 11.5 Å². The Morgan fingerprint density at radius 1 is 0.680 bits per heavy atom. The van der Waals surface area contributed by atoms with Gasteiger partial charge in [0, 0.05) is 11.4 Å². The van der Waals surface area contributed by atoms with Crippen LogP contribution in [0, 0.1) is 13.8 Å². The number of para-hydroxylation sites is 1. The molecule has 0 atom stereocenters. The van der Waals surface area contributed by atoms with Crippen molar-refractivity contribution in [2.24, 2.45) is 0 Å². The van der Waals surface area contributed by atoms with Crippen LogP contribution in [0.4, 0.5) is 17.1 Å². The molecule has 0 fully saturated rings. The Kier molecular flexibility index (Phi) is 4.66. The molecule has 0 spiro atoms. The number of benzene rings is 3. The van der Waals surface area contributed by atoms with Crippen molar-refractivity contribution in [3.05, 3.63) is 77.9 Å². The Morgan fingerprint density at radius 3 is 1.60 bits per heavy atom. The summed E-state index contributed by atoms with van der Waals surface area (Å²) < 4.78 is 0. The van der Waals surface area contributed by atoms with E-state index in [9.17, 15) is 0 Å². The average molecular weight is 335 g/mol. The minimum atomic E-state index is 0.658. The molecule has 5 nitrogen and oxygen atoms in total. The van der Waals surface area contributed by atoms with Crippen molar-refractivity contribution >= 4 is 17.1 Å². The topological polar surface area (TPSA) is 73.7 Å². The van der Waals surface area contributed by atoms with Gasteiger partial charge in [-0.25, -0.2) is 0 Å². The maximum Gasteiger partial charge on any atom is 0.162 e. The van der Waals surface area contributed by atoms with Gasteiger partial charge >= 0.3 is 0 Å². The Bertz CT molecular complexity index is 813. The number of hydrogen-bond donors (Lipinski definition) is 2. The molecule has 0 aliphatic heterocycles. The van der Waals surface area contributed by atoms with Gasteiger partial charge in [-0.3, -0.25) is 0 Å². The predicted octanol–water partition coefficient (Wildman–Crippen LogP) is 4.26. The van der Waals surface area contributed by atoms with Crippen LogP contribution in [-0.4, -0.2) is 0 Å². The smallest absolute Gasteiger partial charge is 0.162 e. The van der Waals surface area contributed by atoms with Crippen LogP contribution in [0.3, 0.4) is 0 Å². The molecule has 3 rings (SSSR count). The first-order valence-electron chi connectivity index (χ1n) is 7.96. The average Bonchev–Trinajstić information content (AvgIpc) is 2.59. The number of rotatable bonds is 5. The van der Waals surface area contributed by atoms with Crippen molar-refractivity contribution < 1.29 is 9.68 Å². The maximum absolute atomic E-state index is 6.00. The van der Waals surface area contributed by atoms with Crippen molar-refractivity contribution in [2.45, 2.75) is 13.8 Å². The molecule has 128 valence electrons. The lowest BCUT2D eigenvalue weighted by atomic mass is 10.2. The fourth-order valence-corrected chi connectivity index (χ4v) is 2.40. The number of nitrogen functional groups attached to an aromatic ring is 2. The Hall–Kier alpha value is -3.34. The molecule has 25 heavy (non-hydrogen) atoms.